The highest BCUT2D eigenvalue weighted by Gasteiger charge is 2.36. The second kappa shape index (κ2) is 6.13. The van der Waals surface area contributed by atoms with Crippen LogP contribution in [0.1, 0.15) is 22.2 Å². The Labute approximate surface area is 141 Å². The Morgan fingerprint density at radius 2 is 2.17 bits per heavy atom. The molecule has 4 nitrogen and oxygen atoms in total. The fourth-order valence-corrected chi connectivity index (χ4v) is 4.25. The number of carbonyl (C=O) groups excluding carboxylic acids is 1. The van der Waals surface area contributed by atoms with Gasteiger partial charge in [-0.25, -0.2) is 8.78 Å². The van der Waals surface area contributed by atoms with Gasteiger partial charge in [0, 0.05) is 24.2 Å². The molecular weight excluding hydrogens is 344 g/mol. The van der Waals surface area contributed by atoms with Gasteiger partial charge in [0.2, 0.25) is 5.91 Å². The van der Waals surface area contributed by atoms with Crippen molar-refractivity contribution in [3.8, 4) is 0 Å². The highest BCUT2D eigenvalue weighted by atomic mass is 35.5. The minimum atomic E-state index is -0.664. The lowest BCUT2D eigenvalue weighted by Crippen LogP contribution is -2.28. The van der Waals surface area contributed by atoms with E-state index in [0.29, 0.717) is 5.15 Å². The topological polar surface area (TPSA) is 38.1 Å². The third kappa shape index (κ3) is 2.95. The van der Waals surface area contributed by atoms with Crippen LogP contribution in [0.25, 0.3) is 0 Å². The van der Waals surface area contributed by atoms with Gasteiger partial charge in [-0.1, -0.05) is 17.7 Å². The molecule has 0 N–H and O–H groups in total. The number of nitrogens with zero attached hydrogens (tertiary/aromatic N) is 3. The zero-order valence-corrected chi connectivity index (χ0v) is 14.1. The van der Waals surface area contributed by atoms with E-state index < -0.39 is 11.6 Å². The summed E-state index contributed by atoms with van der Waals surface area (Å²) in [5, 5.41) is 4.39. The van der Waals surface area contributed by atoms with E-state index in [4.69, 9.17) is 11.6 Å². The average Bonchev–Trinajstić information content (AvgIpc) is 2.94. The molecule has 1 amide bonds. The molecule has 1 aromatic carbocycles. The number of amides is 1. The summed E-state index contributed by atoms with van der Waals surface area (Å²) in [6.45, 7) is 1.88. The van der Waals surface area contributed by atoms with Crippen LogP contribution >= 0.6 is 23.4 Å². The maximum absolute atomic E-state index is 13.9. The number of hydrogen-bond acceptors (Lipinski definition) is 3. The highest BCUT2D eigenvalue weighted by molar-refractivity contribution is 8.00. The van der Waals surface area contributed by atoms with E-state index in [2.05, 4.69) is 5.10 Å². The molecule has 1 atom stereocenters. The first-order chi connectivity index (χ1) is 10.9. The molecule has 8 heteroatoms. The summed E-state index contributed by atoms with van der Waals surface area (Å²) in [5.41, 5.74) is 1.76. The molecule has 0 bridgehead atoms. The molecule has 0 spiro atoms. The van der Waals surface area contributed by atoms with Crippen molar-refractivity contribution >= 4 is 29.3 Å². The fourth-order valence-electron chi connectivity index (χ4n) is 2.62. The normalized spacial score (nSPS) is 18.0. The minimum absolute atomic E-state index is 0.0628. The summed E-state index contributed by atoms with van der Waals surface area (Å²) < 4.78 is 28.5. The largest absolute Gasteiger partial charge is 0.321 e. The van der Waals surface area contributed by atoms with Crippen molar-refractivity contribution in [1.82, 2.24) is 14.7 Å². The lowest BCUT2D eigenvalue weighted by atomic mass is 10.1. The molecule has 1 fully saturated rings. The second-order valence-electron chi connectivity index (χ2n) is 5.33. The highest BCUT2D eigenvalue weighted by Crippen LogP contribution is 2.43. The Morgan fingerprint density at radius 3 is 2.78 bits per heavy atom. The quantitative estimate of drug-likeness (QED) is 0.844. The van der Waals surface area contributed by atoms with Crippen LogP contribution in [0.4, 0.5) is 8.78 Å². The summed E-state index contributed by atoms with van der Waals surface area (Å²) >= 11 is 7.71. The number of thioether (sulfide) groups is 1. The van der Waals surface area contributed by atoms with Crippen molar-refractivity contribution in [1.29, 1.82) is 0 Å². The Hall–Kier alpha value is -1.60. The first-order valence-corrected chi connectivity index (χ1v) is 8.35. The number of rotatable bonds is 3. The molecule has 3 rings (SSSR count). The molecular formula is C15H14ClF2N3OS. The average molecular weight is 358 g/mol. The Bertz CT molecular complexity index is 780. The summed E-state index contributed by atoms with van der Waals surface area (Å²) in [7, 11) is 1.73. The molecule has 1 aliphatic rings. The van der Waals surface area contributed by atoms with Crippen LogP contribution in [0.5, 0.6) is 0 Å². The molecule has 23 heavy (non-hydrogen) atoms. The van der Waals surface area contributed by atoms with Crippen molar-refractivity contribution in [2.75, 3.05) is 5.75 Å². The first kappa shape index (κ1) is 16.3. The minimum Gasteiger partial charge on any atom is -0.321 e. The molecule has 1 saturated heterocycles. The van der Waals surface area contributed by atoms with E-state index in [1.165, 1.54) is 23.9 Å². The van der Waals surface area contributed by atoms with Crippen molar-refractivity contribution in [3.05, 3.63) is 51.8 Å². The van der Waals surface area contributed by atoms with Crippen LogP contribution < -0.4 is 0 Å². The molecule has 0 radical (unpaired) electrons. The van der Waals surface area contributed by atoms with Crippen molar-refractivity contribution < 1.29 is 13.6 Å². The van der Waals surface area contributed by atoms with Gasteiger partial charge >= 0.3 is 0 Å². The molecule has 1 aliphatic heterocycles. The number of halogens is 3. The Morgan fingerprint density at radius 1 is 1.43 bits per heavy atom. The molecule has 2 aromatic rings. The smallest absolute Gasteiger partial charge is 0.234 e. The molecule has 0 saturated carbocycles. The van der Waals surface area contributed by atoms with E-state index >= 15 is 0 Å². The van der Waals surface area contributed by atoms with Crippen LogP contribution in [-0.2, 0) is 18.4 Å². The summed E-state index contributed by atoms with van der Waals surface area (Å²) in [6.07, 6.45) is 0. The van der Waals surface area contributed by atoms with Crippen LogP contribution in [0.15, 0.2) is 18.2 Å². The number of benzene rings is 1. The number of carbonyl (C=O) groups is 1. The standard InChI is InChI=1S/C15H14ClF2N3OS/c1-8-13(14(16)20(2)19-8)15-21(12(22)7-23-15)6-9-3-4-10(17)5-11(9)18/h3-5,15H,6-7H2,1-2H3. The number of aryl methyl sites for hydroxylation is 2. The molecule has 0 aliphatic carbocycles. The van der Waals surface area contributed by atoms with Gasteiger partial charge in [0.25, 0.3) is 0 Å². The summed E-state index contributed by atoms with van der Waals surface area (Å²) in [5.74, 6) is -1.13. The first-order valence-electron chi connectivity index (χ1n) is 6.92. The summed E-state index contributed by atoms with van der Waals surface area (Å²) in [6, 6.07) is 3.36. The zero-order valence-electron chi connectivity index (χ0n) is 12.5. The predicted octanol–water partition coefficient (Wildman–Crippen LogP) is 3.43. The van der Waals surface area contributed by atoms with Gasteiger partial charge in [-0.3, -0.25) is 9.48 Å². The SMILES string of the molecule is Cc1nn(C)c(Cl)c1C1SCC(=O)N1Cc1ccc(F)cc1F. The third-order valence-electron chi connectivity index (χ3n) is 3.77. The predicted molar refractivity (Wildman–Crippen MR) is 85.1 cm³/mol. The van der Waals surface area contributed by atoms with E-state index in [-0.39, 0.29) is 29.1 Å². The van der Waals surface area contributed by atoms with Crippen LogP contribution in [0, 0.1) is 18.6 Å². The van der Waals surface area contributed by atoms with Gasteiger partial charge in [0.15, 0.2) is 0 Å². The van der Waals surface area contributed by atoms with E-state index in [0.717, 1.165) is 17.3 Å². The van der Waals surface area contributed by atoms with E-state index in [1.54, 1.807) is 16.6 Å². The van der Waals surface area contributed by atoms with E-state index in [9.17, 15) is 13.6 Å². The fraction of sp³-hybridized carbons (Fsp3) is 0.333. The Balaban J connectivity index is 1.94. The maximum atomic E-state index is 13.9. The number of hydrogen-bond donors (Lipinski definition) is 0. The van der Waals surface area contributed by atoms with Gasteiger partial charge < -0.3 is 4.90 Å². The van der Waals surface area contributed by atoms with Gasteiger partial charge in [-0.2, -0.15) is 5.10 Å². The van der Waals surface area contributed by atoms with Crippen LogP contribution in [0.2, 0.25) is 5.15 Å². The molecule has 2 heterocycles. The molecule has 1 unspecified atom stereocenters. The molecule has 122 valence electrons. The second-order valence-corrected chi connectivity index (χ2v) is 6.76. The van der Waals surface area contributed by atoms with Gasteiger partial charge in [-0.05, 0) is 13.0 Å². The van der Waals surface area contributed by atoms with Crippen LogP contribution in [-0.4, -0.2) is 26.3 Å². The van der Waals surface area contributed by atoms with Crippen molar-refractivity contribution in [2.45, 2.75) is 18.8 Å². The maximum Gasteiger partial charge on any atom is 0.234 e. The van der Waals surface area contributed by atoms with Gasteiger partial charge in [-0.15, -0.1) is 11.8 Å². The number of aromatic nitrogens is 2. The lowest BCUT2D eigenvalue weighted by Gasteiger charge is -2.24. The van der Waals surface area contributed by atoms with Crippen molar-refractivity contribution in [2.24, 2.45) is 7.05 Å². The zero-order chi connectivity index (χ0) is 16.7. The summed E-state index contributed by atoms with van der Waals surface area (Å²) in [4.78, 5) is 13.8. The monoisotopic (exact) mass is 357 g/mol. The van der Waals surface area contributed by atoms with Gasteiger partial charge in [0.05, 0.1) is 18.0 Å². The van der Waals surface area contributed by atoms with Gasteiger partial charge in [0.1, 0.15) is 22.2 Å². The van der Waals surface area contributed by atoms with Crippen molar-refractivity contribution in [3.63, 3.8) is 0 Å². The lowest BCUT2D eigenvalue weighted by molar-refractivity contribution is -0.128. The van der Waals surface area contributed by atoms with E-state index in [1.807, 2.05) is 6.92 Å². The third-order valence-corrected chi connectivity index (χ3v) is 5.43. The Kier molecular flexibility index (Phi) is 4.33. The van der Waals surface area contributed by atoms with Crippen LogP contribution in [0.3, 0.4) is 0 Å². The molecule has 1 aromatic heterocycles.